The molecule has 0 bridgehead atoms. The molecule has 126 valence electrons. The number of nitrogens with one attached hydrogen (secondary N) is 1. The SMILES string of the molecule is O=C(Cc1ccc(Cl)cc1)Nc1c2c(nn1-c1ccccc1)CCC2. The molecule has 4 nitrogen and oxygen atoms in total. The molecule has 25 heavy (non-hydrogen) atoms. The van der Waals surface area contributed by atoms with Crippen molar-refractivity contribution in [3.63, 3.8) is 0 Å². The largest absolute Gasteiger partial charge is 0.310 e. The second-order valence-corrected chi connectivity index (χ2v) is 6.66. The molecule has 1 aromatic heterocycles. The van der Waals surface area contributed by atoms with Crippen LogP contribution >= 0.6 is 11.6 Å². The molecule has 0 atom stereocenters. The quantitative estimate of drug-likeness (QED) is 0.765. The van der Waals surface area contributed by atoms with Crippen molar-refractivity contribution in [2.45, 2.75) is 25.7 Å². The van der Waals surface area contributed by atoms with Crippen molar-refractivity contribution in [3.05, 3.63) is 76.4 Å². The third-order valence-corrected chi connectivity index (χ3v) is 4.70. The maximum absolute atomic E-state index is 12.6. The molecule has 0 saturated heterocycles. The Morgan fingerprint density at radius 2 is 1.84 bits per heavy atom. The fraction of sp³-hybridized carbons (Fsp3) is 0.200. The van der Waals surface area contributed by atoms with E-state index in [2.05, 4.69) is 5.32 Å². The van der Waals surface area contributed by atoms with Gasteiger partial charge in [0.2, 0.25) is 5.91 Å². The van der Waals surface area contributed by atoms with Gasteiger partial charge in [-0.2, -0.15) is 5.10 Å². The van der Waals surface area contributed by atoms with Crippen LogP contribution in [0.25, 0.3) is 5.69 Å². The summed E-state index contributed by atoms with van der Waals surface area (Å²) in [6.45, 7) is 0. The summed E-state index contributed by atoms with van der Waals surface area (Å²) in [6.07, 6.45) is 3.33. The van der Waals surface area contributed by atoms with Gasteiger partial charge in [0.25, 0.3) is 0 Å². The number of anilines is 1. The van der Waals surface area contributed by atoms with Crippen molar-refractivity contribution in [2.24, 2.45) is 0 Å². The van der Waals surface area contributed by atoms with E-state index >= 15 is 0 Å². The molecule has 3 aromatic rings. The summed E-state index contributed by atoms with van der Waals surface area (Å²) in [5.74, 6) is 0.756. The molecule has 5 heteroatoms. The van der Waals surface area contributed by atoms with E-state index in [0.717, 1.165) is 47.6 Å². The number of rotatable bonds is 4. The second kappa shape index (κ2) is 6.73. The smallest absolute Gasteiger partial charge is 0.229 e. The number of fused-ring (bicyclic) bond motifs is 1. The molecular weight excluding hydrogens is 334 g/mol. The molecule has 1 heterocycles. The van der Waals surface area contributed by atoms with Crippen LogP contribution < -0.4 is 5.32 Å². The van der Waals surface area contributed by atoms with Crippen LogP contribution in [0.3, 0.4) is 0 Å². The minimum absolute atomic E-state index is 0.0471. The number of aryl methyl sites for hydroxylation is 1. The van der Waals surface area contributed by atoms with E-state index in [9.17, 15) is 4.79 Å². The minimum Gasteiger partial charge on any atom is -0.310 e. The molecule has 0 aliphatic heterocycles. The van der Waals surface area contributed by atoms with Gasteiger partial charge < -0.3 is 5.32 Å². The van der Waals surface area contributed by atoms with Crippen LogP contribution in [0.15, 0.2) is 54.6 Å². The van der Waals surface area contributed by atoms with Crippen molar-refractivity contribution >= 4 is 23.3 Å². The Hall–Kier alpha value is -2.59. The molecule has 1 aliphatic rings. The lowest BCUT2D eigenvalue weighted by atomic mass is 10.1. The van der Waals surface area contributed by atoms with Gasteiger partial charge >= 0.3 is 0 Å². The summed E-state index contributed by atoms with van der Waals surface area (Å²) >= 11 is 5.90. The van der Waals surface area contributed by atoms with Gasteiger partial charge in [0.05, 0.1) is 17.8 Å². The minimum atomic E-state index is -0.0471. The number of carbonyl (C=O) groups is 1. The third kappa shape index (κ3) is 3.30. The van der Waals surface area contributed by atoms with Crippen LogP contribution in [0.5, 0.6) is 0 Å². The lowest BCUT2D eigenvalue weighted by Crippen LogP contribution is -2.18. The lowest BCUT2D eigenvalue weighted by Gasteiger charge is -2.11. The number of halogens is 1. The number of carbonyl (C=O) groups excluding carboxylic acids is 1. The summed E-state index contributed by atoms with van der Waals surface area (Å²) in [5.41, 5.74) is 4.14. The van der Waals surface area contributed by atoms with E-state index in [1.807, 2.05) is 47.1 Å². The van der Waals surface area contributed by atoms with Crippen LogP contribution in [0.4, 0.5) is 5.82 Å². The number of aromatic nitrogens is 2. The number of benzene rings is 2. The number of hydrogen-bond donors (Lipinski definition) is 1. The van der Waals surface area contributed by atoms with Crippen LogP contribution in [-0.4, -0.2) is 15.7 Å². The van der Waals surface area contributed by atoms with E-state index in [1.165, 1.54) is 0 Å². The zero-order valence-electron chi connectivity index (χ0n) is 13.7. The highest BCUT2D eigenvalue weighted by atomic mass is 35.5. The zero-order valence-corrected chi connectivity index (χ0v) is 14.5. The van der Waals surface area contributed by atoms with Crippen LogP contribution in [0.1, 0.15) is 23.2 Å². The number of amides is 1. The molecule has 1 amide bonds. The van der Waals surface area contributed by atoms with Crippen LogP contribution in [0, 0.1) is 0 Å². The van der Waals surface area contributed by atoms with Crippen LogP contribution in [0.2, 0.25) is 5.02 Å². The first-order valence-corrected chi connectivity index (χ1v) is 8.79. The van der Waals surface area contributed by atoms with Gasteiger partial charge in [0.15, 0.2) is 0 Å². The number of para-hydroxylation sites is 1. The molecule has 1 N–H and O–H groups in total. The Morgan fingerprint density at radius 3 is 2.60 bits per heavy atom. The first kappa shape index (κ1) is 15.9. The highest BCUT2D eigenvalue weighted by Crippen LogP contribution is 2.31. The Balaban J connectivity index is 1.61. The maximum Gasteiger partial charge on any atom is 0.229 e. The zero-order chi connectivity index (χ0) is 17.2. The average molecular weight is 352 g/mol. The van der Waals surface area contributed by atoms with Crippen molar-refractivity contribution in [3.8, 4) is 5.69 Å². The maximum atomic E-state index is 12.6. The summed E-state index contributed by atoms with van der Waals surface area (Å²) in [7, 11) is 0. The fourth-order valence-corrected chi connectivity index (χ4v) is 3.37. The molecule has 0 spiro atoms. The summed E-state index contributed by atoms with van der Waals surface area (Å²) in [6, 6.07) is 17.3. The monoisotopic (exact) mass is 351 g/mol. The van der Waals surface area contributed by atoms with Crippen molar-refractivity contribution in [1.82, 2.24) is 9.78 Å². The molecule has 2 aromatic carbocycles. The second-order valence-electron chi connectivity index (χ2n) is 6.23. The van der Waals surface area contributed by atoms with E-state index in [0.29, 0.717) is 11.4 Å². The molecule has 0 radical (unpaired) electrons. The lowest BCUT2D eigenvalue weighted by molar-refractivity contribution is -0.115. The van der Waals surface area contributed by atoms with Gasteiger partial charge in [0, 0.05) is 10.6 Å². The predicted octanol–water partition coefficient (Wildman–Crippen LogP) is 4.20. The highest BCUT2D eigenvalue weighted by molar-refractivity contribution is 6.30. The number of hydrogen-bond acceptors (Lipinski definition) is 2. The van der Waals surface area contributed by atoms with E-state index in [4.69, 9.17) is 16.7 Å². The molecule has 0 unspecified atom stereocenters. The van der Waals surface area contributed by atoms with Gasteiger partial charge in [-0.1, -0.05) is 41.9 Å². The molecule has 0 saturated carbocycles. The Bertz CT molecular complexity index is 901. The van der Waals surface area contributed by atoms with Crippen molar-refractivity contribution in [1.29, 1.82) is 0 Å². The number of nitrogens with zero attached hydrogens (tertiary/aromatic N) is 2. The molecular formula is C20H18ClN3O. The fourth-order valence-electron chi connectivity index (χ4n) is 3.24. The highest BCUT2D eigenvalue weighted by Gasteiger charge is 2.24. The Kier molecular flexibility index (Phi) is 4.28. The molecule has 4 rings (SSSR count). The molecule has 0 fully saturated rings. The first-order chi connectivity index (χ1) is 12.2. The Labute approximate surface area is 151 Å². The molecule has 1 aliphatic carbocycles. The van der Waals surface area contributed by atoms with E-state index < -0.39 is 0 Å². The standard InChI is InChI=1S/C20H18ClN3O/c21-15-11-9-14(10-12-15)13-19(25)22-20-17-7-4-8-18(17)23-24(20)16-5-2-1-3-6-16/h1-3,5-6,9-12H,4,7-8,13H2,(H,22,25). The predicted molar refractivity (Wildman–Crippen MR) is 99.4 cm³/mol. The van der Waals surface area contributed by atoms with Gasteiger partial charge in [0.1, 0.15) is 5.82 Å². The van der Waals surface area contributed by atoms with Crippen molar-refractivity contribution < 1.29 is 4.79 Å². The topological polar surface area (TPSA) is 46.9 Å². The van der Waals surface area contributed by atoms with E-state index in [1.54, 1.807) is 12.1 Å². The summed E-state index contributed by atoms with van der Waals surface area (Å²) in [4.78, 5) is 12.6. The van der Waals surface area contributed by atoms with Crippen molar-refractivity contribution in [2.75, 3.05) is 5.32 Å². The summed E-state index contributed by atoms with van der Waals surface area (Å²) in [5, 5.41) is 8.47. The third-order valence-electron chi connectivity index (χ3n) is 4.44. The first-order valence-electron chi connectivity index (χ1n) is 8.41. The summed E-state index contributed by atoms with van der Waals surface area (Å²) < 4.78 is 1.85. The van der Waals surface area contributed by atoms with Crippen LogP contribution in [-0.2, 0) is 24.1 Å². The van der Waals surface area contributed by atoms with Gasteiger partial charge in [-0.15, -0.1) is 0 Å². The van der Waals surface area contributed by atoms with E-state index in [-0.39, 0.29) is 5.91 Å². The average Bonchev–Trinajstić information content (AvgIpc) is 3.20. The normalized spacial score (nSPS) is 12.8. The van der Waals surface area contributed by atoms with Gasteiger partial charge in [-0.3, -0.25) is 4.79 Å². The van der Waals surface area contributed by atoms with Gasteiger partial charge in [-0.25, -0.2) is 4.68 Å². The van der Waals surface area contributed by atoms with Gasteiger partial charge in [-0.05, 0) is 49.1 Å². The Morgan fingerprint density at radius 1 is 1.08 bits per heavy atom.